The molecule has 0 unspecified atom stereocenters. The van der Waals surface area contributed by atoms with Gasteiger partial charge in [0.15, 0.2) is 0 Å². The van der Waals surface area contributed by atoms with Gasteiger partial charge in [-0.15, -0.1) is 0 Å². The molecule has 1 fully saturated rings. The van der Waals surface area contributed by atoms with E-state index in [1.807, 2.05) is 75.2 Å². The molecule has 11 heteroatoms. The molecule has 1 amide bonds. The van der Waals surface area contributed by atoms with Crippen LogP contribution in [0.5, 0.6) is 0 Å². The Balaban J connectivity index is 1.38. The van der Waals surface area contributed by atoms with Crippen molar-refractivity contribution in [1.82, 2.24) is 29.6 Å². The lowest BCUT2D eigenvalue weighted by molar-refractivity contribution is 0.0201. The Morgan fingerprint density at radius 1 is 1.07 bits per heavy atom. The largest absolute Gasteiger partial charge is 0.444 e. The summed E-state index contributed by atoms with van der Waals surface area (Å²) in [6.07, 6.45) is 13.7. The number of fused-ring (bicyclic) bond motifs is 1. The van der Waals surface area contributed by atoms with Crippen molar-refractivity contribution in [2.75, 3.05) is 56.2 Å². The second kappa shape index (κ2) is 13.1. The van der Waals surface area contributed by atoms with E-state index in [1.54, 1.807) is 11.1 Å². The average Bonchev–Trinajstić information content (AvgIpc) is 3.36. The van der Waals surface area contributed by atoms with E-state index >= 15 is 0 Å². The normalized spacial score (nSPS) is 15.0. The van der Waals surface area contributed by atoms with Crippen LogP contribution in [0.15, 0.2) is 55.0 Å². The molecular formula is C33H45N7O3S. The second-order valence-corrected chi connectivity index (χ2v) is 17.8. The number of anilines is 1. The van der Waals surface area contributed by atoms with Crippen LogP contribution in [0.2, 0.25) is 0 Å². The van der Waals surface area contributed by atoms with E-state index in [2.05, 4.69) is 34.7 Å². The highest BCUT2D eigenvalue weighted by Crippen LogP contribution is 2.34. The molecule has 0 aromatic carbocycles. The first-order chi connectivity index (χ1) is 20.9. The molecule has 1 aliphatic heterocycles. The van der Waals surface area contributed by atoms with Gasteiger partial charge in [0.1, 0.15) is 23.8 Å². The second-order valence-electron chi connectivity index (χ2n) is 13.2. The molecule has 0 spiro atoms. The number of hydrogen-bond donors (Lipinski definition) is 0. The molecular weight excluding hydrogens is 574 g/mol. The molecule has 0 atom stereocenters. The Morgan fingerprint density at radius 2 is 1.84 bits per heavy atom. The van der Waals surface area contributed by atoms with E-state index in [-0.39, 0.29) is 12.1 Å². The van der Waals surface area contributed by atoms with Crippen LogP contribution in [-0.2, 0) is 16.2 Å². The van der Waals surface area contributed by atoms with Gasteiger partial charge in [0.2, 0.25) is 0 Å². The molecule has 1 saturated heterocycles. The van der Waals surface area contributed by atoms with E-state index in [0.717, 1.165) is 71.1 Å². The number of carbonyl (C=O) groups excluding carboxylic acids is 1. The van der Waals surface area contributed by atoms with Crippen molar-refractivity contribution in [2.45, 2.75) is 52.0 Å². The van der Waals surface area contributed by atoms with E-state index in [1.165, 1.54) is 0 Å². The van der Waals surface area contributed by atoms with E-state index in [9.17, 15) is 4.79 Å². The van der Waals surface area contributed by atoms with Crippen molar-refractivity contribution < 1.29 is 14.3 Å². The molecule has 0 aliphatic carbocycles. The van der Waals surface area contributed by atoms with Gasteiger partial charge in [-0.2, -0.15) is 5.10 Å². The molecule has 0 bridgehead atoms. The zero-order chi connectivity index (χ0) is 31.5. The maximum atomic E-state index is 12.6. The third kappa shape index (κ3) is 7.87. The fraction of sp³-hybridized carbons (Fsp3) is 0.485. The van der Waals surface area contributed by atoms with Crippen molar-refractivity contribution in [3.8, 4) is 22.6 Å². The monoisotopic (exact) mass is 619 g/mol. The van der Waals surface area contributed by atoms with Gasteiger partial charge in [-0.25, -0.2) is 24.5 Å². The Kier molecular flexibility index (Phi) is 9.45. The van der Waals surface area contributed by atoms with Crippen LogP contribution in [0.1, 0.15) is 33.6 Å². The summed E-state index contributed by atoms with van der Waals surface area (Å²) in [6, 6.07) is 12.2. The lowest BCUT2D eigenvalue weighted by atomic mass is 10.0. The molecule has 4 aromatic rings. The standard InChI is InChI=1S/C33H45N7O3S/c1-33(2,3)43-32(41)38(4)25-13-16-39(17-14-25)30-12-8-11-27(36-30)31-26-20-28(24-10-9-15-34-21-24)35-22-29(26)40(37-31)23-42-18-19-44(5,6)7/h8-12,15,20-22,25H,13-14,16-19,23H2,1-7H3. The quantitative estimate of drug-likeness (QED) is 0.209. The Hall–Kier alpha value is -3.70. The van der Waals surface area contributed by atoms with E-state index < -0.39 is 15.6 Å². The van der Waals surface area contributed by atoms with Crippen molar-refractivity contribution in [1.29, 1.82) is 0 Å². The highest BCUT2D eigenvalue weighted by molar-refractivity contribution is 8.32. The number of nitrogens with zero attached hydrogens (tertiary/aromatic N) is 7. The summed E-state index contributed by atoms with van der Waals surface area (Å²) < 4.78 is 13.5. The van der Waals surface area contributed by atoms with Gasteiger partial charge in [0.25, 0.3) is 0 Å². The lowest BCUT2D eigenvalue weighted by Gasteiger charge is -2.37. The smallest absolute Gasteiger partial charge is 0.410 e. The number of piperidine rings is 1. The summed E-state index contributed by atoms with van der Waals surface area (Å²) >= 11 is 0. The predicted octanol–water partition coefficient (Wildman–Crippen LogP) is 6.06. The summed E-state index contributed by atoms with van der Waals surface area (Å²) in [6.45, 7) is 8.29. The van der Waals surface area contributed by atoms with E-state index in [0.29, 0.717) is 13.3 Å². The van der Waals surface area contributed by atoms with Crippen molar-refractivity contribution >= 4 is 32.8 Å². The third-order valence-electron chi connectivity index (χ3n) is 7.64. The summed E-state index contributed by atoms with van der Waals surface area (Å²) in [5.41, 5.74) is 3.74. The van der Waals surface area contributed by atoms with Crippen molar-refractivity contribution in [3.63, 3.8) is 0 Å². The van der Waals surface area contributed by atoms with Crippen LogP contribution >= 0.6 is 10.0 Å². The van der Waals surface area contributed by atoms with Crippen LogP contribution in [0, 0.1) is 0 Å². The molecule has 5 rings (SSSR count). The molecule has 236 valence electrons. The average molecular weight is 620 g/mol. The first-order valence-electron chi connectivity index (χ1n) is 15.1. The maximum Gasteiger partial charge on any atom is 0.410 e. The minimum absolute atomic E-state index is 0.127. The number of ether oxygens (including phenoxy) is 2. The number of hydrogen-bond acceptors (Lipinski definition) is 8. The minimum Gasteiger partial charge on any atom is -0.444 e. The SMILES string of the molecule is CN(C(=O)OC(C)(C)C)C1CCN(c2cccc(-c3nn(COCCS(C)(C)C)c4cnc(-c5cccnc5)cc34)n2)CC1. The third-order valence-corrected chi connectivity index (χ3v) is 9.03. The van der Waals surface area contributed by atoms with Crippen LogP contribution in [0.25, 0.3) is 33.5 Å². The van der Waals surface area contributed by atoms with Crippen LogP contribution < -0.4 is 4.90 Å². The molecule has 44 heavy (non-hydrogen) atoms. The molecule has 0 N–H and O–H groups in total. The molecule has 5 heterocycles. The van der Waals surface area contributed by atoms with Crippen LogP contribution in [0.4, 0.5) is 10.6 Å². The Labute approximate surface area is 262 Å². The highest BCUT2D eigenvalue weighted by Gasteiger charge is 2.29. The van der Waals surface area contributed by atoms with Gasteiger partial charge in [-0.3, -0.25) is 9.97 Å². The number of aromatic nitrogens is 5. The molecule has 0 radical (unpaired) electrons. The Bertz CT molecular complexity index is 1570. The van der Waals surface area contributed by atoms with Gasteiger partial charge in [0.05, 0.1) is 29.7 Å². The van der Waals surface area contributed by atoms with Gasteiger partial charge in [-0.05, 0) is 82.7 Å². The van der Waals surface area contributed by atoms with Crippen LogP contribution in [-0.4, -0.2) is 98.6 Å². The fourth-order valence-electron chi connectivity index (χ4n) is 5.19. The number of rotatable bonds is 9. The number of carbonyl (C=O) groups is 1. The number of pyridine rings is 3. The zero-order valence-electron chi connectivity index (χ0n) is 27.0. The first-order valence-corrected chi connectivity index (χ1v) is 18.1. The van der Waals surface area contributed by atoms with Crippen molar-refractivity contribution in [2.24, 2.45) is 0 Å². The maximum absolute atomic E-state index is 12.6. The fourth-order valence-corrected chi connectivity index (χ4v) is 5.81. The number of amides is 1. The molecule has 4 aromatic heterocycles. The van der Waals surface area contributed by atoms with Gasteiger partial charge < -0.3 is 19.3 Å². The summed E-state index contributed by atoms with van der Waals surface area (Å²) in [4.78, 5) is 30.7. The van der Waals surface area contributed by atoms with Gasteiger partial charge in [-0.1, -0.05) is 6.07 Å². The van der Waals surface area contributed by atoms with E-state index in [4.69, 9.17) is 24.5 Å². The molecule has 0 saturated carbocycles. The predicted molar refractivity (Wildman–Crippen MR) is 179 cm³/mol. The first kappa shape index (κ1) is 31.7. The summed E-state index contributed by atoms with van der Waals surface area (Å²) in [5.74, 6) is 1.94. The van der Waals surface area contributed by atoms with Gasteiger partial charge in [0, 0.05) is 55.3 Å². The summed E-state index contributed by atoms with van der Waals surface area (Å²) in [5, 5.41) is 5.97. The molecule has 10 nitrogen and oxygen atoms in total. The zero-order valence-corrected chi connectivity index (χ0v) is 27.8. The van der Waals surface area contributed by atoms with Crippen molar-refractivity contribution in [3.05, 3.63) is 55.0 Å². The topological polar surface area (TPSA) is 98.5 Å². The minimum atomic E-state index is -0.644. The van der Waals surface area contributed by atoms with Crippen LogP contribution in [0.3, 0.4) is 0 Å². The molecule has 1 aliphatic rings. The highest BCUT2D eigenvalue weighted by atomic mass is 32.3. The lowest BCUT2D eigenvalue weighted by Crippen LogP contribution is -2.47. The summed E-state index contributed by atoms with van der Waals surface area (Å²) in [7, 11) is 1.19. The Morgan fingerprint density at radius 3 is 2.52 bits per heavy atom. The van der Waals surface area contributed by atoms with Gasteiger partial charge >= 0.3 is 6.09 Å².